The molecule has 0 radical (unpaired) electrons. The molecule has 2 N–H and O–H groups in total. The smallest absolute Gasteiger partial charge is 0.264 e. The van der Waals surface area contributed by atoms with Crippen LogP contribution in [0.3, 0.4) is 0 Å². The third kappa shape index (κ3) is 4.38. The van der Waals surface area contributed by atoms with Gasteiger partial charge in [0.1, 0.15) is 23.2 Å². The number of nitrogens with zero attached hydrogens (tertiary/aromatic N) is 2. The van der Waals surface area contributed by atoms with Crippen molar-refractivity contribution >= 4 is 23.3 Å². The molecule has 0 spiro atoms. The van der Waals surface area contributed by atoms with Crippen molar-refractivity contribution in [2.24, 2.45) is 4.99 Å². The summed E-state index contributed by atoms with van der Waals surface area (Å²) in [6, 6.07) is 17.2. The van der Waals surface area contributed by atoms with Gasteiger partial charge in [-0.25, -0.2) is 4.99 Å². The summed E-state index contributed by atoms with van der Waals surface area (Å²) in [7, 11) is 2.99. The van der Waals surface area contributed by atoms with Crippen LogP contribution in [0, 0.1) is 11.3 Å². The molecule has 0 aliphatic carbocycles. The summed E-state index contributed by atoms with van der Waals surface area (Å²) < 4.78 is 15.7. The number of rotatable bonds is 6. The van der Waals surface area contributed by atoms with E-state index in [0.717, 1.165) is 0 Å². The Bertz CT molecular complexity index is 1350. The predicted molar refractivity (Wildman–Crippen MR) is 123 cm³/mol. The highest BCUT2D eigenvalue weighted by atomic mass is 16.5. The predicted octanol–water partition coefficient (Wildman–Crippen LogP) is 3.04. The maximum absolute atomic E-state index is 12.9. The standard InChI is InChI=1S/C25H20N4O5/c1-32-20-10-9-15(12-21(20)33-2)24(30)29-23-18-8-4-3-7-17(18)22(28-23)19(13-26)25(31)27-14-16-6-5-11-34-16/h3-12H,14H2,1-2H3,(H,27,31)(H,28,29,30). The SMILES string of the molecule is COc1ccc(C(=O)NC2=NC(=C(C#N)C(=O)NCc3ccco3)c3ccccc32)cc1OC. The fourth-order valence-corrected chi connectivity index (χ4v) is 3.45. The average Bonchev–Trinajstić information content (AvgIpc) is 3.51. The van der Waals surface area contributed by atoms with Crippen molar-refractivity contribution in [2.75, 3.05) is 14.2 Å². The first-order valence-corrected chi connectivity index (χ1v) is 10.2. The van der Waals surface area contributed by atoms with Crippen molar-refractivity contribution in [1.29, 1.82) is 5.26 Å². The molecule has 0 saturated heterocycles. The highest BCUT2D eigenvalue weighted by Crippen LogP contribution is 2.31. The van der Waals surface area contributed by atoms with Gasteiger partial charge in [-0.2, -0.15) is 5.26 Å². The van der Waals surface area contributed by atoms with Crippen LogP contribution in [0.5, 0.6) is 11.5 Å². The maximum Gasteiger partial charge on any atom is 0.264 e. The number of nitriles is 1. The zero-order valence-corrected chi connectivity index (χ0v) is 18.4. The second-order valence-electron chi connectivity index (χ2n) is 7.13. The van der Waals surface area contributed by atoms with Gasteiger partial charge in [0.15, 0.2) is 11.5 Å². The largest absolute Gasteiger partial charge is 0.493 e. The van der Waals surface area contributed by atoms with Gasteiger partial charge in [-0.1, -0.05) is 24.3 Å². The number of ether oxygens (including phenoxy) is 2. The summed E-state index contributed by atoms with van der Waals surface area (Å²) in [5.74, 6) is 0.652. The molecule has 2 heterocycles. The van der Waals surface area contributed by atoms with Crippen LogP contribution in [-0.2, 0) is 11.3 Å². The molecule has 1 aliphatic heterocycles. The van der Waals surface area contributed by atoms with Gasteiger partial charge in [-0.3, -0.25) is 9.59 Å². The molecule has 0 saturated carbocycles. The van der Waals surface area contributed by atoms with Gasteiger partial charge in [0.25, 0.3) is 11.8 Å². The van der Waals surface area contributed by atoms with E-state index in [2.05, 4.69) is 15.6 Å². The zero-order chi connectivity index (χ0) is 24.1. The Kier molecular flexibility index (Phi) is 6.41. The van der Waals surface area contributed by atoms with Crippen LogP contribution in [0.15, 0.2) is 75.8 Å². The molecule has 2 amide bonds. The highest BCUT2D eigenvalue weighted by Gasteiger charge is 2.27. The lowest BCUT2D eigenvalue weighted by molar-refractivity contribution is -0.117. The number of benzene rings is 2. The minimum absolute atomic E-state index is 0.124. The fourth-order valence-electron chi connectivity index (χ4n) is 3.45. The van der Waals surface area contributed by atoms with Crippen LogP contribution >= 0.6 is 0 Å². The van der Waals surface area contributed by atoms with Crippen molar-refractivity contribution < 1.29 is 23.5 Å². The minimum atomic E-state index is -0.597. The Labute approximate surface area is 195 Å². The molecule has 9 nitrogen and oxygen atoms in total. The van der Waals surface area contributed by atoms with Gasteiger partial charge in [0, 0.05) is 16.7 Å². The number of amidine groups is 1. The first kappa shape index (κ1) is 22.4. The number of methoxy groups -OCH3 is 2. The lowest BCUT2D eigenvalue weighted by Gasteiger charge is -2.10. The average molecular weight is 456 g/mol. The Morgan fingerprint density at radius 2 is 1.79 bits per heavy atom. The third-order valence-corrected chi connectivity index (χ3v) is 5.12. The summed E-state index contributed by atoms with van der Waals surface area (Å²) in [4.78, 5) is 30.1. The number of hydrogen-bond acceptors (Lipinski definition) is 7. The number of amides is 2. The van der Waals surface area contributed by atoms with Crippen LogP contribution < -0.4 is 20.1 Å². The summed E-state index contributed by atoms with van der Waals surface area (Å²) in [6.07, 6.45) is 1.50. The van der Waals surface area contributed by atoms with Crippen LogP contribution in [0.2, 0.25) is 0 Å². The highest BCUT2D eigenvalue weighted by molar-refractivity contribution is 6.20. The summed E-state index contributed by atoms with van der Waals surface area (Å²) in [5.41, 5.74) is 1.49. The number of aliphatic imine (C=N–C) groups is 1. The number of carbonyl (C=O) groups excluding carboxylic acids is 2. The van der Waals surface area contributed by atoms with Gasteiger partial charge in [-0.05, 0) is 30.3 Å². The van der Waals surface area contributed by atoms with Crippen molar-refractivity contribution in [3.05, 3.63) is 88.9 Å². The Morgan fingerprint density at radius 1 is 1.03 bits per heavy atom. The van der Waals surface area contributed by atoms with E-state index in [9.17, 15) is 14.9 Å². The fraction of sp³-hybridized carbons (Fsp3) is 0.120. The van der Waals surface area contributed by atoms with Crippen LogP contribution in [0.1, 0.15) is 27.2 Å². The summed E-state index contributed by atoms with van der Waals surface area (Å²) in [6.45, 7) is 0.124. The number of fused-ring (bicyclic) bond motifs is 1. The van der Waals surface area contributed by atoms with E-state index < -0.39 is 11.8 Å². The zero-order valence-electron chi connectivity index (χ0n) is 18.4. The van der Waals surface area contributed by atoms with Gasteiger partial charge in [0.05, 0.1) is 32.7 Å². The number of furan rings is 1. The van der Waals surface area contributed by atoms with E-state index in [0.29, 0.717) is 33.9 Å². The molecule has 1 aliphatic rings. The van der Waals surface area contributed by atoms with E-state index in [4.69, 9.17) is 13.9 Å². The lowest BCUT2D eigenvalue weighted by Crippen LogP contribution is -2.30. The van der Waals surface area contributed by atoms with Gasteiger partial charge in [0.2, 0.25) is 0 Å². The van der Waals surface area contributed by atoms with Gasteiger partial charge < -0.3 is 24.5 Å². The van der Waals surface area contributed by atoms with Crippen LogP contribution in [0.4, 0.5) is 0 Å². The topological polar surface area (TPSA) is 126 Å². The minimum Gasteiger partial charge on any atom is -0.493 e. The molecule has 0 unspecified atom stereocenters. The molecular weight excluding hydrogens is 436 g/mol. The first-order valence-electron chi connectivity index (χ1n) is 10.2. The Hall–Kier alpha value is -4.84. The monoisotopic (exact) mass is 456 g/mol. The molecule has 0 atom stereocenters. The van der Waals surface area contributed by atoms with E-state index >= 15 is 0 Å². The van der Waals surface area contributed by atoms with E-state index in [1.54, 1.807) is 54.6 Å². The van der Waals surface area contributed by atoms with Crippen LogP contribution in [-0.4, -0.2) is 31.9 Å². The Balaban J connectivity index is 1.64. The molecule has 1 aromatic heterocycles. The lowest BCUT2D eigenvalue weighted by atomic mass is 10.0. The van der Waals surface area contributed by atoms with E-state index in [1.807, 2.05) is 6.07 Å². The van der Waals surface area contributed by atoms with Crippen molar-refractivity contribution in [1.82, 2.24) is 10.6 Å². The summed E-state index contributed by atoms with van der Waals surface area (Å²) >= 11 is 0. The van der Waals surface area contributed by atoms with Crippen LogP contribution in [0.25, 0.3) is 5.70 Å². The van der Waals surface area contributed by atoms with Gasteiger partial charge in [-0.15, -0.1) is 0 Å². The van der Waals surface area contributed by atoms with Crippen molar-refractivity contribution in [3.8, 4) is 17.6 Å². The summed E-state index contributed by atoms with van der Waals surface area (Å²) in [5, 5.41) is 15.1. The molecule has 170 valence electrons. The van der Waals surface area contributed by atoms with Crippen molar-refractivity contribution in [2.45, 2.75) is 6.54 Å². The maximum atomic E-state index is 12.9. The Morgan fingerprint density at radius 3 is 2.47 bits per heavy atom. The normalized spacial score (nSPS) is 13.3. The quantitative estimate of drug-likeness (QED) is 0.434. The van der Waals surface area contributed by atoms with E-state index in [-0.39, 0.29) is 23.7 Å². The first-order chi connectivity index (χ1) is 16.5. The number of nitrogens with one attached hydrogen (secondary N) is 2. The van der Waals surface area contributed by atoms with E-state index in [1.165, 1.54) is 20.5 Å². The molecule has 3 aromatic rings. The van der Waals surface area contributed by atoms with Crippen molar-refractivity contribution in [3.63, 3.8) is 0 Å². The molecule has 4 rings (SSSR count). The second-order valence-corrected chi connectivity index (χ2v) is 7.13. The van der Waals surface area contributed by atoms with Gasteiger partial charge >= 0.3 is 0 Å². The number of hydrogen-bond donors (Lipinski definition) is 2. The molecule has 9 heteroatoms. The molecular formula is C25H20N4O5. The molecule has 2 aromatic carbocycles. The molecule has 0 bridgehead atoms. The molecule has 34 heavy (non-hydrogen) atoms. The second kappa shape index (κ2) is 9.75. The third-order valence-electron chi connectivity index (χ3n) is 5.12. The number of carbonyl (C=O) groups is 2. The molecule has 0 fully saturated rings.